The fourth-order valence-electron chi connectivity index (χ4n) is 3.81. The van der Waals surface area contributed by atoms with Crippen molar-refractivity contribution in [3.05, 3.63) is 0 Å². The summed E-state index contributed by atoms with van der Waals surface area (Å²) in [5.74, 6) is -0.530. The van der Waals surface area contributed by atoms with Crippen molar-refractivity contribution in [2.45, 2.75) is 38.1 Å². The van der Waals surface area contributed by atoms with Gasteiger partial charge in [-0.2, -0.15) is 0 Å². The molecule has 0 spiro atoms. The first kappa shape index (κ1) is 31.5. The SMILES string of the molecule is CNC(=O)CCCC(=O)NCCN(C)CCN(C)CCN(C)CC(=O)NCC(=O)N1CCC[C@H]1C=O. The summed E-state index contributed by atoms with van der Waals surface area (Å²) in [4.78, 5) is 66.2. The van der Waals surface area contributed by atoms with Gasteiger partial charge in [0.25, 0.3) is 0 Å². The number of carbonyl (C=O) groups is 5. The molecule has 4 amide bonds. The van der Waals surface area contributed by atoms with E-state index in [9.17, 15) is 24.0 Å². The van der Waals surface area contributed by atoms with Crippen molar-refractivity contribution in [2.75, 3.05) is 87.1 Å². The summed E-state index contributed by atoms with van der Waals surface area (Å²) in [5.41, 5.74) is 0. The lowest BCUT2D eigenvalue weighted by Crippen LogP contribution is -2.45. The summed E-state index contributed by atoms with van der Waals surface area (Å²) in [6.07, 6.45) is 3.55. The number of rotatable bonds is 18. The zero-order valence-corrected chi connectivity index (χ0v) is 22.4. The first-order chi connectivity index (χ1) is 17.2. The highest BCUT2D eigenvalue weighted by Gasteiger charge is 2.28. The Morgan fingerprint density at radius 3 is 2.11 bits per heavy atom. The van der Waals surface area contributed by atoms with Crippen molar-refractivity contribution >= 4 is 29.9 Å². The molecule has 1 atom stereocenters. The lowest BCUT2D eigenvalue weighted by atomic mass is 10.2. The molecule has 0 unspecified atom stereocenters. The van der Waals surface area contributed by atoms with E-state index in [1.54, 1.807) is 7.05 Å². The van der Waals surface area contributed by atoms with Gasteiger partial charge in [0.15, 0.2) is 0 Å². The summed E-state index contributed by atoms with van der Waals surface area (Å²) in [6.45, 7) is 5.15. The average molecular weight is 512 g/mol. The van der Waals surface area contributed by atoms with Gasteiger partial charge in [-0.3, -0.25) is 24.1 Å². The van der Waals surface area contributed by atoms with E-state index < -0.39 is 0 Å². The second-order valence-electron chi connectivity index (χ2n) is 9.43. The number of carbonyl (C=O) groups excluding carboxylic acids is 5. The van der Waals surface area contributed by atoms with Gasteiger partial charge in [-0.1, -0.05) is 0 Å². The zero-order chi connectivity index (χ0) is 26.9. The molecule has 0 aromatic rings. The Balaban J connectivity index is 2.10. The molecule has 0 aromatic heterocycles. The minimum Gasteiger partial charge on any atom is -0.359 e. The third kappa shape index (κ3) is 13.5. The molecule has 1 aliphatic rings. The molecule has 3 N–H and O–H groups in total. The second-order valence-corrected chi connectivity index (χ2v) is 9.43. The summed E-state index contributed by atoms with van der Waals surface area (Å²) >= 11 is 0. The molecule has 0 bridgehead atoms. The second kappa shape index (κ2) is 17.8. The lowest BCUT2D eigenvalue weighted by molar-refractivity contribution is -0.135. The van der Waals surface area contributed by atoms with Gasteiger partial charge in [0.2, 0.25) is 23.6 Å². The average Bonchev–Trinajstić information content (AvgIpc) is 3.33. The third-order valence-corrected chi connectivity index (χ3v) is 6.26. The van der Waals surface area contributed by atoms with Crippen LogP contribution >= 0.6 is 0 Å². The van der Waals surface area contributed by atoms with Crippen molar-refractivity contribution in [1.29, 1.82) is 0 Å². The highest BCUT2D eigenvalue weighted by atomic mass is 16.2. The van der Waals surface area contributed by atoms with Crippen molar-refractivity contribution in [3.63, 3.8) is 0 Å². The van der Waals surface area contributed by atoms with E-state index in [1.165, 1.54) is 4.90 Å². The lowest BCUT2D eigenvalue weighted by Gasteiger charge is -2.24. The Kier molecular flexibility index (Phi) is 15.6. The number of likely N-dealkylation sites (N-methyl/N-ethyl adjacent to an activating group) is 3. The minimum atomic E-state index is -0.364. The summed E-state index contributed by atoms with van der Waals surface area (Å²) < 4.78 is 0. The van der Waals surface area contributed by atoms with E-state index in [1.807, 2.05) is 26.0 Å². The molecule has 0 saturated carbocycles. The molecular formula is C24H45N7O5. The van der Waals surface area contributed by atoms with E-state index in [4.69, 9.17) is 0 Å². The van der Waals surface area contributed by atoms with Crippen LogP contribution in [0.3, 0.4) is 0 Å². The molecule has 0 aliphatic carbocycles. The topological polar surface area (TPSA) is 134 Å². The smallest absolute Gasteiger partial charge is 0.242 e. The standard InChI is InChI=1S/C24H45N7O5/c1-25-21(33)8-5-9-22(34)26-10-12-28(2)13-14-29(3)15-16-30(4)18-23(35)27-17-24(36)31-11-6-7-20(31)19-32/h19-20H,5-18H2,1-4H3,(H,25,33)(H,26,34)(H,27,35)/t20-/m0/s1. The predicted octanol–water partition coefficient (Wildman–Crippen LogP) is -1.88. The van der Waals surface area contributed by atoms with Crippen LogP contribution in [0.25, 0.3) is 0 Å². The highest BCUT2D eigenvalue weighted by molar-refractivity contribution is 5.87. The Labute approximate surface area is 215 Å². The Hall–Kier alpha value is -2.57. The van der Waals surface area contributed by atoms with Crippen LogP contribution < -0.4 is 16.0 Å². The van der Waals surface area contributed by atoms with Gasteiger partial charge in [0.05, 0.1) is 19.1 Å². The van der Waals surface area contributed by atoms with Crippen LogP contribution in [0.5, 0.6) is 0 Å². The van der Waals surface area contributed by atoms with Crippen LogP contribution in [0.4, 0.5) is 0 Å². The van der Waals surface area contributed by atoms with Crippen LogP contribution in [0.2, 0.25) is 0 Å². The van der Waals surface area contributed by atoms with Gasteiger partial charge >= 0.3 is 0 Å². The van der Waals surface area contributed by atoms with E-state index in [2.05, 4.69) is 25.8 Å². The van der Waals surface area contributed by atoms with E-state index in [0.29, 0.717) is 45.3 Å². The fourth-order valence-corrected chi connectivity index (χ4v) is 3.81. The van der Waals surface area contributed by atoms with Crippen molar-refractivity contribution in [1.82, 2.24) is 35.6 Å². The molecule has 0 aromatic carbocycles. The van der Waals surface area contributed by atoms with Gasteiger partial charge < -0.3 is 35.4 Å². The largest absolute Gasteiger partial charge is 0.359 e. The first-order valence-electron chi connectivity index (χ1n) is 12.7. The maximum Gasteiger partial charge on any atom is 0.242 e. The summed E-state index contributed by atoms with van der Waals surface area (Å²) in [7, 11) is 7.47. The monoisotopic (exact) mass is 511 g/mol. The quantitative estimate of drug-likeness (QED) is 0.182. The van der Waals surface area contributed by atoms with Crippen LogP contribution in [0.1, 0.15) is 32.1 Å². The molecule has 1 aliphatic heterocycles. The van der Waals surface area contributed by atoms with Gasteiger partial charge in [0, 0.05) is 65.7 Å². The molecule has 1 saturated heterocycles. The zero-order valence-electron chi connectivity index (χ0n) is 22.4. The molecule has 36 heavy (non-hydrogen) atoms. The summed E-state index contributed by atoms with van der Waals surface area (Å²) in [6, 6.07) is -0.364. The van der Waals surface area contributed by atoms with Gasteiger partial charge in [0.1, 0.15) is 6.29 Å². The number of amides is 4. The maximum absolute atomic E-state index is 12.2. The van der Waals surface area contributed by atoms with Crippen molar-refractivity contribution in [3.8, 4) is 0 Å². The number of hydrogen-bond donors (Lipinski definition) is 3. The van der Waals surface area contributed by atoms with E-state index in [0.717, 1.165) is 38.9 Å². The molecule has 12 nitrogen and oxygen atoms in total. The molecule has 12 heteroatoms. The van der Waals surface area contributed by atoms with E-state index >= 15 is 0 Å². The molecule has 1 fully saturated rings. The summed E-state index contributed by atoms with van der Waals surface area (Å²) in [5, 5.41) is 8.07. The molecule has 0 radical (unpaired) electrons. The van der Waals surface area contributed by atoms with Crippen LogP contribution in [-0.4, -0.2) is 143 Å². The molecule has 1 rings (SSSR count). The Morgan fingerprint density at radius 1 is 0.861 bits per heavy atom. The Morgan fingerprint density at radius 2 is 1.47 bits per heavy atom. The fraction of sp³-hybridized carbons (Fsp3) is 0.792. The molecular weight excluding hydrogens is 466 g/mol. The number of nitrogens with one attached hydrogen (secondary N) is 3. The number of hydrogen-bond acceptors (Lipinski definition) is 8. The maximum atomic E-state index is 12.2. The van der Waals surface area contributed by atoms with Gasteiger partial charge in [-0.15, -0.1) is 0 Å². The number of nitrogens with zero attached hydrogens (tertiary/aromatic N) is 4. The van der Waals surface area contributed by atoms with Crippen molar-refractivity contribution < 1.29 is 24.0 Å². The molecule has 206 valence electrons. The van der Waals surface area contributed by atoms with Crippen molar-refractivity contribution in [2.24, 2.45) is 0 Å². The van der Waals surface area contributed by atoms with Crippen LogP contribution in [0, 0.1) is 0 Å². The van der Waals surface area contributed by atoms with Crippen LogP contribution in [0.15, 0.2) is 0 Å². The highest BCUT2D eigenvalue weighted by Crippen LogP contribution is 2.14. The normalized spacial score (nSPS) is 15.4. The van der Waals surface area contributed by atoms with Gasteiger partial charge in [-0.25, -0.2) is 0 Å². The first-order valence-corrected chi connectivity index (χ1v) is 12.7. The van der Waals surface area contributed by atoms with E-state index in [-0.39, 0.29) is 42.8 Å². The number of likely N-dealkylation sites (tertiary alicyclic amines) is 1. The Bertz CT molecular complexity index is 721. The molecule has 1 heterocycles. The minimum absolute atomic E-state index is 0.0398. The third-order valence-electron chi connectivity index (χ3n) is 6.26. The van der Waals surface area contributed by atoms with Crippen LogP contribution in [-0.2, 0) is 24.0 Å². The number of aldehydes is 1. The predicted molar refractivity (Wildman–Crippen MR) is 137 cm³/mol. The van der Waals surface area contributed by atoms with Gasteiger partial charge in [-0.05, 0) is 40.4 Å².